The molecule has 0 spiro atoms. The van der Waals surface area contributed by atoms with Crippen molar-refractivity contribution in [3.05, 3.63) is 17.8 Å². The molecule has 0 aliphatic carbocycles. The third kappa shape index (κ3) is 3.38. The van der Waals surface area contributed by atoms with Crippen LogP contribution in [0.3, 0.4) is 0 Å². The smallest absolute Gasteiger partial charge is 0.195 e. The van der Waals surface area contributed by atoms with Crippen LogP contribution in [0.15, 0.2) is 10.6 Å². The van der Waals surface area contributed by atoms with Gasteiger partial charge in [-0.15, -0.1) is 0 Å². The second kappa shape index (κ2) is 4.77. The third-order valence-electron chi connectivity index (χ3n) is 1.66. The van der Waals surface area contributed by atoms with Crippen LogP contribution in [0.1, 0.15) is 11.7 Å². The maximum absolute atomic E-state index is 10.2. The van der Waals surface area contributed by atoms with E-state index in [1.807, 2.05) is 14.1 Å². The van der Waals surface area contributed by atoms with Gasteiger partial charge < -0.3 is 14.1 Å². The SMILES string of the molecule is CN(C)CCc1ncc(CC=O)o1. The second-order valence-electron chi connectivity index (χ2n) is 3.14. The first-order chi connectivity index (χ1) is 6.22. The Morgan fingerprint density at radius 3 is 3.00 bits per heavy atom. The van der Waals surface area contributed by atoms with Crippen molar-refractivity contribution in [1.29, 1.82) is 0 Å². The molecule has 1 rings (SSSR count). The van der Waals surface area contributed by atoms with E-state index >= 15 is 0 Å². The molecular formula is C9H14N2O2. The van der Waals surface area contributed by atoms with Crippen LogP contribution in [0, 0.1) is 0 Å². The van der Waals surface area contributed by atoms with Gasteiger partial charge >= 0.3 is 0 Å². The van der Waals surface area contributed by atoms with Crippen molar-refractivity contribution >= 4 is 6.29 Å². The Morgan fingerprint density at radius 2 is 2.38 bits per heavy atom. The van der Waals surface area contributed by atoms with E-state index in [-0.39, 0.29) is 0 Å². The number of carbonyl (C=O) groups is 1. The van der Waals surface area contributed by atoms with Gasteiger partial charge in [0.2, 0.25) is 0 Å². The van der Waals surface area contributed by atoms with Crippen LogP contribution in [0.5, 0.6) is 0 Å². The normalized spacial score (nSPS) is 10.7. The van der Waals surface area contributed by atoms with E-state index < -0.39 is 0 Å². The van der Waals surface area contributed by atoms with Gasteiger partial charge in [0.1, 0.15) is 12.0 Å². The van der Waals surface area contributed by atoms with Gasteiger partial charge in [0.25, 0.3) is 0 Å². The van der Waals surface area contributed by atoms with E-state index in [4.69, 9.17) is 4.42 Å². The molecule has 0 radical (unpaired) electrons. The minimum Gasteiger partial charge on any atom is -0.445 e. The van der Waals surface area contributed by atoms with Crippen molar-refractivity contribution in [3.63, 3.8) is 0 Å². The van der Waals surface area contributed by atoms with Gasteiger partial charge in [-0.1, -0.05) is 0 Å². The zero-order valence-electron chi connectivity index (χ0n) is 7.99. The minimum absolute atomic E-state index is 0.314. The lowest BCUT2D eigenvalue weighted by atomic mass is 10.4. The monoisotopic (exact) mass is 182 g/mol. The topological polar surface area (TPSA) is 46.3 Å². The quantitative estimate of drug-likeness (QED) is 0.623. The number of oxazole rings is 1. The van der Waals surface area contributed by atoms with Crippen LogP contribution in [0.25, 0.3) is 0 Å². The summed E-state index contributed by atoms with van der Waals surface area (Å²) in [6, 6.07) is 0. The lowest BCUT2D eigenvalue weighted by molar-refractivity contribution is -0.107. The zero-order valence-corrected chi connectivity index (χ0v) is 7.99. The number of rotatable bonds is 5. The summed E-state index contributed by atoms with van der Waals surface area (Å²) in [5, 5.41) is 0. The molecule has 1 aromatic heterocycles. The second-order valence-corrected chi connectivity index (χ2v) is 3.14. The fourth-order valence-corrected chi connectivity index (χ4v) is 0.959. The molecular weight excluding hydrogens is 168 g/mol. The Kier molecular flexibility index (Phi) is 3.64. The van der Waals surface area contributed by atoms with E-state index in [1.54, 1.807) is 6.20 Å². The highest BCUT2D eigenvalue weighted by Gasteiger charge is 2.03. The summed E-state index contributed by atoms with van der Waals surface area (Å²) in [5.74, 6) is 1.34. The summed E-state index contributed by atoms with van der Waals surface area (Å²) in [5.41, 5.74) is 0. The predicted octanol–water partition coefficient (Wildman–Crippen LogP) is 0.520. The minimum atomic E-state index is 0.314. The highest BCUT2D eigenvalue weighted by Crippen LogP contribution is 2.04. The summed E-state index contributed by atoms with van der Waals surface area (Å²) in [6.07, 6.45) is 3.52. The number of aldehydes is 1. The molecule has 0 bridgehead atoms. The molecule has 1 heterocycles. The molecule has 0 amide bonds. The molecule has 0 atom stereocenters. The largest absolute Gasteiger partial charge is 0.445 e. The first kappa shape index (κ1) is 9.92. The fraction of sp³-hybridized carbons (Fsp3) is 0.556. The Hall–Kier alpha value is -1.16. The zero-order chi connectivity index (χ0) is 9.68. The summed E-state index contributed by atoms with van der Waals surface area (Å²) in [6.45, 7) is 0.904. The van der Waals surface area contributed by atoms with Crippen LogP contribution < -0.4 is 0 Å². The van der Waals surface area contributed by atoms with Crippen LogP contribution in [0.4, 0.5) is 0 Å². The summed E-state index contributed by atoms with van der Waals surface area (Å²) in [7, 11) is 3.99. The number of likely N-dealkylation sites (N-methyl/N-ethyl adjacent to an activating group) is 1. The van der Waals surface area contributed by atoms with Crippen molar-refractivity contribution < 1.29 is 9.21 Å². The molecule has 4 heteroatoms. The van der Waals surface area contributed by atoms with Crippen LogP contribution in [0.2, 0.25) is 0 Å². The molecule has 4 nitrogen and oxygen atoms in total. The molecule has 72 valence electrons. The molecule has 0 aliphatic rings. The maximum Gasteiger partial charge on any atom is 0.195 e. The molecule has 0 saturated heterocycles. The molecule has 0 unspecified atom stereocenters. The Bertz CT molecular complexity index is 268. The highest BCUT2D eigenvalue weighted by molar-refractivity contribution is 5.52. The van der Waals surface area contributed by atoms with Gasteiger partial charge in [0.05, 0.1) is 12.6 Å². The number of hydrogen-bond donors (Lipinski definition) is 0. The van der Waals surface area contributed by atoms with Gasteiger partial charge in [0.15, 0.2) is 5.89 Å². The maximum atomic E-state index is 10.2. The van der Waals surface area contributed by atoms with Gasteiger partial charge in [-0.3, -0.25) is 0 Å². The van der Waals surface area contributed by atoms with Crippen molar-refractivity contribution in [2.45, 2.75) is 12.8 Å². The Labute approximate surface area is 77.6 Å². The highest BCUT2D eigenvalue weighted by atomic mass is 16.4. The molecule has 13 heavy (non-hydrogen) atoms. The van der Waals surface area contributed by atoms with E-state index in [9.17, 15) is 4.79 Å². The van der Waals surface area contributed by atoms with Crippen molar-refractivity contribution in [1.82, 2.24) is 9.88 Å². The van der Waals surface area contributed by atoms with Gasteiger partial charge in [-0.25, -0.2) is 4.98 Å². The standard InChI is InChI=1S/C9H14N2O2/c1-11(2)5-3-9-10-7-8(13-9)4-6-12/h6-7H,3-5H2,1-2H3. The van der Waals surface area contributed by atoms with Crippen molar-refractivity contribution in [2.24, 2.45) is 0 Å². The lowest BCUT2D eigenvalue weighted by Crippen LogP contribution is -2.15. The van der Waals surface area contributed by atoms with Crippen LogP contribution >= 0.6 is 0 Å². The first-order valence-corrected chi connectivity index (χ1v) is 4.24. The van der Waals surface area contributed by atoms with E-state index in [0.29, 0.717) is 18.1 Å². The molecule has 0 aliphatic heterocycles. The summed E-state index contributed by atoms with van der Waals surface area (Å²) in [4.78, 5) is 16.3. The Morgan fingerprint density at radius 1 is 1.62 bits per heavy atom. The average molecular weight is 182 g/mol. The number of nitrogens with zero attached hydrogens (tertiary/aromatic N) is 2. The summed E-state index contributed by atoms with van der Waals surface area (Å²) >= 11 is 0. The average Bonchev–Trinajstić information content (AvgIpc) is 2.50. The Balaban J connectivity index is 2.44. The van der Waals surface area contributed by atoms with E-state index in [2.05, 4.69) is 9.88 Å². The van der Waals surface area contributed by atoms with Gasteiger partial charge in [0, 0.05) is 13.0 Å². The van der Waals surface area contributed by atoms with Crippen molar-refractivity contribution in [3.8, 4) is 0 Å². The molecule has 0 saturated carbocycles. The number of hydrogen-bond acceptors (Lipinski definition) is 4. The predicted molar refractivity (Wildman–Crippen MR) is 48.5 cm³/mol. The van der Waals surface area contributed by atoms with Gasteiger partial charge in [-0.05, 0) is 14.1 Å². The molecule has 0 N–H and O–H groups in total. The van der Waals surface area contributed by atoms with E-state index in [1.165, 1.54) is 0 Å². The van der Waals surface area contributed by atoms with Crippen LogP contribution in [-0.4, -0.2) is 36.8 Å². The van der Waals surface area contributed by atoms with Crippen molar-refractivity contribution in [2.75, 3.05) is 20.6 Å². The molecule has 0 fully saturated rings. The van der Waals surface area contributed by atoms with Gasteiger partial charge in [-0.2, -0.15) is 0 Å². The lowest BCUT2D eigenvalue weighted by Gasteiger charge is -2.05. The fourth-order valence-electron chi connectivity index (χ4n) is 0.959. The first-order valence-electron chi connectivity index (χ1n) is 4.24. The number of aromatic nitrogens is 1. The van der Waals surface area contributed by atoms with E-state index in [0.717, 1.165) is 19.3 Å². The molecule has 0 aromatic carbocycles. The number of carbonyl (C=O) groups excluding carboxylic acids is 1. The third-order valence-corrected chi connectivity index (χ3v) is 1.66. The summed E-state index contributed by atoms with van der Waals surface area (Å²) < 4.78 is 5.31. The van der Waals surface area contributed by atoms with Crippen LogP contribution in [-0.2, 0) is 17.6 Å². The molecule has 1 aromatic rings.